The topological polar surface area (TPSA) is 78.9 Å². The van der Waals surface area contributed by atoms with Gasteiger partial charge in [-0.25, -0.2) is 9.59 Å². The van der Waals surface area contributed by atoms with Crippen LogP contribution in [-0.2, 0) is 9.53 Å². The molecule has 2 unspecified atom stereocenters. The summed E-state index contributed by atoms with van der Waals surface area (Å²) in [7, 11) is 0. The average Bonchev–Trinajstić information content (AvgIpc) is 2.33. The van der Waals surface area contributed by atoms with Crippen molar-refractivity contribution in [1.29, 1.82) is 0 Å². The lowest BCUT2D eigenvalue weighted by molar-refractivity contribution is -0.139. The van der Waals surface area contributed by atoms with E-state index in [9.17, 15) is 9.59 Å². The number of carboxylic acid groups (broad SMARTS) is 1. The maximum atomic E-state index is 11.9. The molecule has 2 N–H and O–H groups in total. The predicted molar refractivity (Wildman–Crippen MR) is 69.9 cm³/mol. The number of rotatable bonds is 5. The Morgan fingerprint density at radius 3 is 2.89 bits per heavy atom. The van der Waals surface area contributed by atoms with Crippen LogP contribution in [0.15, 0.2) is 0 Å². The normalized spacial score (nSPS) is 21.4. The highest BCUT2D eigenvalue weighted by Crippen LogP contribution is 2.06. The highest BCUT2D eigenvalue weighted by molar-refractivity contribution is 7.98. The summed E-state index contributed by atoms with van der Waals surface area (Å²) in [6.07, 6.45) is 2.34. The second-order valence-electron chi connectivity index (χ2n) is 4.25. The molecule has 0 aromatic rings. The van der Waals surface area contributed by atoms with Crippen LogP contribution in [0, 0.1) is 0 Å². The quantitative estimate of drug-likeness (QED) is 0.769. The Hall–Kier alpha value is -0.950. The Bertz CT molecular complexity index is 301. The molecule has 0 saturated carbocycles. The SMILES string of the molecule is CSCCC(NC(=O)N1CCOC(C)C1)C(=O)O. The average molecular weight is 276 g/mol. The summed E-state index contributed by atoms with van der Waals surface area (Å²) in [4.78, 5) is 24.5. The Balaban J connectivity index is 2.46. The second kappa shape index (κ2) is 7.48. The first-order valence-corrected chi connectivity index (χ1v) is 7.32. The fourth-order valence-electron chi connectivity index (χ4n) is 1.74. The van der Waals surface area contributed by atoms with E-state index in [1.807, 2.05) is 13.2 Å². The van der Waals surface area contributed by atoms with E-state index >= 15 is 0 Å². The number of hydrogen-bond donors (Lipinski definition) is 2. The van der Waals surface area contributed by atoms with Gasteiger partial charge in [0, 0.05) is 13.1 Å². The molecule has 1 heterocycles. The van der Waals surface area contributed by atoms with Crippen LogP contribution in [0.2, 0.25) is 0 Å². The molecule has 0 radical (unpaired) electrons. The number of urea groups is 1. The summed E-state index contributed by atoms with van der Waals surface area (Å²) in [5.41, 5.74) is 0. The number of thioether (sulfide) groups is 1. The number of aliphatic carboxylic acids is 1. The highest BCUT2D eigenvalue weighted by Gasteiger charge is 2.25. The molecule has 0 aromatic carbocycles. The van der Waals surface area contributed by atoms with Crippen molar-refractivity contribution >= 4 is 23.8 Å². The molecule has 1 saturated heterocycles. The molecule has 0 bridgehead atoms. The Morgan fingerprint density at radius 2 is 2.33 bits per heavy atom. The van der Waals surface area contributed by atoms with Gasteiger partial charge in [-0.05, 0) is 25.4 Å². The van der Waals surface area contributed by atoms with Gasteiger partial charge in [0.1, 0.15) is 6.04 Å². The summed E-state index contributed by atoms with van der Waals surface area (Å²) in [6, 6.07) is -1.14. The van der Waals surface area contributed by atoms with Crippen LogP contribution in [0.4, 0.5) is 4.79 Å². The van der Waals surface area contributed by atoms with Gasteiger partial charge in [-0.2, -0.15) is 11.8 Å². The molecule has 0 aromatic heterocycles. The third-order valence-corrected chi connectivity index (χ3v) is 3.38. The van der Waals surface area contributed by atoms with Crippen molar-refractivity contribution in [2.24, 2.45) is 0 Å². The maximum Gasteiger partial charge on any atom is 0.326 e. The summed E-state index contributed by atoms with van der Waals surface area (Å²) < 4.78 is 5.33. The second-order valence-corrected chi connectivity index (χ2v) is 5.23. The van der Waals surface area contributed by atoms with Crippen LogP contribution in [0.1, 0.15) is 13.3 Å². The van der Waals surface area contributed by atoms with E-state index in [0.29, 0.717) is 31.9 Å². The van der Waals surface area contributed by atoms with Gasteiger partial charge in [0.25, 0.3) is 0 Å². The van der Waals surface area contributed by atoms with Crippen molar-refractivity contribution < 1.29 is 19.4 Å². The summed E-state index contributed by atoms with van der Waals surface area (Å²) >= 11 is 1.56. The van der Waals surface area contributed by atoms with Gasteiger partial charge in [-0.3, -0.25) is 0 Å². The van der Waals surface area contributed by atoms with E-state index in [-0.39, 0.29) is 12.1 Å². The number of carbonyl (C=O) groups is 2. The van der Waals surface area contributed by atoms with Gasteiger partial charge in [0.2, 0.25) is 0 Å². The van der Waals surface area contributed by atoms with Crippen LogP contribution < -0.4 is 5.32 Å². The Morgan fingerprint density at radius 1 is 1.61 bits per heavy atom. The number of carbonyl (C=O) groups excluding carboxylic acids is 1. The zero-order valence-electron chi connectivity index (χ0n) is 10.7. The fraction of sp³-hybridized carbons (Fsp3) is 0.818. The minimum Gasteiger partial charge on any atom is -0.480 e. The van der Waals surface area contributed by atoms with Crippen molar-refractivity contribution in [1.82, 2.24) is 10.2 Å². The molecule has 104 valence electrons. The first-order chi connectivity index (χ1) is 8.54. The smallest absolute Gasteiger partial charge is 0.326 e. The predicted octanol–water partition coefficient (Wildman–Crippen LogP) is 0.623. The summed E-state index contributed by atoms with van der Waals surface area (Å²) in [5, 5.41) is 11.6. The van der Waals surface area contributed by atoms with Crippen LogP contribution in [0.25, 0.3) is 0 Å². The number of morpholine rings is 1. The standard InChI is InChI=1S/C11H20N2O4S/c1-8-7-13(4-5-17-8)11(16)12-9(10(14)15)3-6-18-2/h8-9H,3-7H2,1-2H3,(H,12,16)(H,14,15). The van der Waals surface area contributed by atoms with Crippen molar-refractivity contribution in [3.05, 3.63) is 0 Å². The van der Waals surface area contributed by atoms with Crippen LogP contribution in [-0.4, -0.2) is 65.9 Å². The van der Waals surface area contributed by atoms with Crippen molar-refractivity contribution in [3.63, 3.8) is 0 Å². The lowest BCUT2D eigenvalue weighted by Gasteiger charge is -2.32. The highest BCUT2D eigenvalue weighted by atomic mass is 32.2. The first-order valence-electron chi connectivity index (χ1n) is 5.93. The lowest BCUT2D eigenvalue weighted by atomic mass is 10.2. The monoisotopic (exact) mass is 276 g/mol. The molecule has 1 fully saturated rings. The molecule has 1 aliphatic heterocycles. The maximum absolute atomic E-state index is 11.9. The molecule has 1 aliphatic rings. The van der Waals surface area contributed by atoms with Crippen molar-refractivity contribution in [3.8, 4) is 0 Å². The third-order valence-electron chi connectivity index (χ3n) is 2.73. The van der Waals surface area contributed by atoms with E-state index in [2.05, 4.69) is 5.32 Å². The largest absolute Gasteiger partial charge is 0.480 e. The molecule has 2 atom stereocenters. The molecule has 1 rings (SSSR count). The van der Waals surface area contributed by atoms with Gasteiger partial charge in [-0.15, -0.1) is 0 Å². The molecule has 2 amide bonds. The van der Waals surface area contributed by atoms with Crippen LogP contribution in [0.3, 0.4) is 0 Å². The third kappa shape index (κ3) is 4.73. The molecule has 18 heavy (non-hydrogen) atoms. The fourth-order valence-corrected chi connectivity index (χ4v) is 2.21. The van der Waals surface area contributed by atoms with E-state index < -0.39 is 12.0 Å². The first kappa shape index (κ1) is 15.1. The van der Waals surface area contributed by atoms with E-state index in [0.717, 1.165) is 0 Å². The van der Waals surface area contributed by atoms with E-state index in [1.54, 1.807) is 16.7 Å². The van der Waals surface area contributed by atoms with Crippen molar-refractivity contribution in [2.45, 2.75) is 25.5 Å². The number of amides is 2. The molecular formula is C11H20N2O4S. The Kier molecular flexibility index (Phi) is 6.28. The molecule has 0 spiro atoms. The summed E-state index contributed by atoms with van der Waals surface area (Å²) in [6.45, 7) is 3.39. The lowest BCUT2D eigenvalue weighted by Crippen LogP contribution is -2.53. The summed E-state index contributed by atoms with van der Waals surface area (Å²) in [5.74, 6) is -0.282. The number of nitrogens with one attached hydrogen (secondary N) is 1. The number of nitrogens with zero attached hydrogens (tertiary/aromatic N) is 1. The van der Waals surface area contributed by atoms with Crippen molar-refractivity contribution in [2.75, 3.05) is 31.7 Å². The zero-order valence-corrected chi connectivity index (χ0v) is 11.5. The van der Waals surface area contributed by atoms with Gasteiger partial charge < -0.3 is 20.1 Å². The molecule has 6 nitrogen and oxygen atoms in total. The van der Waals surface area contributed by atoms with Crippen LogP contribution >= 0.6 is 11.8 Å². The number of ether oxygens (including phenoxy) is 1. The number of hydrogen-bond acceptors (Lipinski definition) is 4. The van der Waals surface area contributed by atoms with E-state index in [4.69, 9.17) is 9.84 Å². The van der Waals surface area contributed by atoms with Gasteiger partial charge in [0.05, 0.1) is 12.7 Å². The van der Waals surface area contributed by atoms with E-state index in [1.165, 1.54) is 0 Å². The number of carboxylic acids is 1. The minimum absolute atomic E-state index is 0.000949. The van der Waals surface area contributed by atoms with Gasteiger partial charge in [-0.1, -0.05) is 0 Å². The van der Waals surface area contributed by atoms with Crippen LogP contribution in [0.5, 0.6) is 0 Å². The zero-order chi connectivity index (χ0) is 13.5. The molecule has 0 aliphatic carbocycles. The minimum atomic E-state index is -0.987. The van der Waals surface area contributed by atoms with Gasteiger partial charge >= 0.3 is 12.0 Å². The molecular weight excluding hydrogens is 256 g/mol. The Labute approximate surface area is 111 Å². The molecule has 7 heteroatoms. The van der Waals surface area contributed by atoms with Gasteiger partial charge in [0.15, 0.2) is 0 Å².